The van der Waals surface area contributed by atoms with Crippen LogP contribution in [0, 0.1) is 0 Å². The summed E-state index contributed by atoms with van der Waals surface area (Å²) in [4.78, 5) is 52.0. The molecule has 0 spiro atoms. The lowest BCUT2D eigenvalue weighted by atomic mass is 9.86. The van der Waals surface area contributed by atoms with Gasteiger partial charge in [0.1, 0.15) is 5.78 Å². The Labute approximate surface area is 200 Å². The van der Waals surface area contributed by atoms with Crippen molar-refractivity contribution in [3.05, 3.63) is 82.4 Å². The second-order valence-electron chi connectivity index (χ2n) is 10.5. The van der Waals surface area contributed by atoms with E-state index in [1.165, 1.54) is 5.56 Å². The number of hydrogen-bond acceptors (Lipinski definition) is 4. The van der Waals surface area contributed by atoms with Crippen LogP contribution in [0.25, 0.3) is 0 Å². The van der Waals surface area contributed by atoms with E-state index in [2.05, 4.69) is 39.5 Å². The number of amides is 2. The fraction of sp³-hybridized carbons (Fsp3) is 0.379. The molecule has 2 amide bonds. The van der Waals surface area contributed by atoms with Crippen molar-refractivity contribution in [2.75, 3.05) is 0 Å². The average Bonchev–Trinajstić information content (AvgIpc) is 3.02. The van der Waals surface area contributed by atoms with Crippen molar-refractivity contribution in [2.45, 2.75) is 70.8 Å². The summed E-state index contributed by atoms with van der Waals surface area (Å²) in [6.07, 6.45) is 2.50. The van der Waals surface area contributed by atoms with Crippen molar-refractivity contribution in [2.24, 2.45) is 0 Å². The summed E-state index contributed by atoms with van der Waals surface area (Å²) in [6, 6.07) is 12.6. The number of rotatable bonds is 6. The van der Waals surface area contributed by atoms with E-state index in [1.54, 1.807) is 18.2 Å². The molecular weight excluding hydrogens is 426 g/mol. The number of benzene rings is 2. The molecule has 0 saturated heterocycles. The number of hydrogen-bond donors (Lipinski definition) is 0. The predicted octanol–water partition coefficient (Wildman–Crippen LogP) is 5.00. The number of nitrogens with zero attached hydrogens (tertiary/aromatic N) is 1. The van der Waals surface area contributed by atoms with Gasteiger partial charge in [0.25, 0.3) is 11.8 Å². The largest absolute Gasteiger partial charge is 0.299 e. The van der Waals surface area contributed by atoms with Crippen LogP contribution in [0.5, 0.6) is 0 Å². The van der Waals surface area contributed by atoms with Crippen molar-refractivity contribution in [1.82, 2.24) is 4.90 Å². The average molecular weight is 458 g/mol. The summed E-state index contributed by atoms with van der Waals surface area (Å²) in [5.41, 5.74) is 4.62. The lowest BCUT2D eigenvalue weighted by molar-refractivity contribution is -0.123. The fourth-order valence-electron chi connectivity index (χ4n) is 4.70. The SMILES string of the molecule is C=C1CCC(N2C(=O)c3ccc(CCC(=O)Cc4ccc(C(C)(C)C)cc4)cc3C2=O)C(=O)C1. The number of carbonyl (C=O) groups is 4. The summed E-state index contributed by atoms with van der Waals surface area (Å²) in [6.45, 7) is 10.3. The van der Waals surface area contributed by atoms with Gasteiger partial charge in [-0.15, -0.1) is 0 Å². The summed E-state index contributed by atoms with van der Waals surface area (Å²) >= 11 is 0. The standard InChI is InChI=1S/C29H31NO4/c1-18-5-14-25(26(32)15-18)30-27(33)23-13-9-20(17-24(23)28(30)34)8-12-22(31)16-19-6-10-21(11-7-19)29(2,3)4/h6-7,9-11,13,17,25H,1,5,8,12,14-16H2,2-4H3. The van der Waals surface area contributed by atoms with Gasteiger partial charge < -0.3 is 0 Å². The second-order valence-corrected chi connectivity index (χ2v) is 10.5. The Morgan fingerprint density at radius 3 is 2.26 bits per heavy atom. The van der Waals surface area contributed by atoms with Crippen molar-refractivity contribution >= 4 is 23.4 Å². The first-order valence-corrected chi connectivity index (χ1v) is 11.9. The Hall–Kier alpha value is -3.34. The van der Waals surface area contributed by atoms with E-state index in [0.29, 0.717) is 43.2 Å². The summed E-state index contributed by atoms with van der Waals surface area (Å²) < 4.78 is 0. The van der Waals surface area contributed by atoms with Crippen molar-refractivity contribution in [3.63, 3.8) is 0 Å². The molecule has 1 heterocycles. The monoisotopic (exact) mass is 457 g/mol. The molecule has 1 unspecified atom stereocenters. The molecule has 1 aliphatic heterocycles. The topological polar surface area (TPSA) is 71.5 Å². The van der Waals surface area contributed by atoms with Gasteiger partial charge in [-0.05, 0) is 53.5 Å². The Morgan fingerprint density at radius 2 is 1.62 bits per heavy atom. The molecule has 1 saturated carbocycles. The van der Waals surface area contributed by atoms with Gasteiger partial charge in [0.2, 0.25) is 0 Å². The van der Waals surface area contributed by atoms with E-state index < -0.39 is 17.9 Å². The molecule has 0 radical (unpaired) electrons. The molecule has 1 aliphatic carbocycles. The normalized spacial score (nSPS) is 18.4. The molecule has 2 aromatic carbocycles. The summed E-state index contributed by atoms with van der Waals surface area (Å²) in [5, 5.41) is 0. The van der Waals surface area contributed by atoms with E-state index >= 15 is 0 Å². The van der Waals surface area contributed by atoms with Gasteiger partial charge in [-0.2, -0.15) is 0 Å². The quantitative estimate of drug-likeness (QED) is 0.452. The van der Waals surface area contributed by atoms with Crippen LogP contribution in [0.2, 0.25) is 0 Å². The van der Waals surface area contributed by atoms with Gasteiger partial charge in [-0.1, -0.05) is 63.3 Å². The Bertz CT molecular complexity index is 1180. The third kappa shape index (κ3) is 4.79. The number of carbonyl (C=O) groups excluding carboxylic acids is 4. The highest BCUT2D eigenvalue weighted by Gasteiger charge is 2.43. The number of imide groups is 1. The molecule has 4 rings (SSSR count). The van der Waals surface area contributed by atoms with Crippen LogP contribution in [-0.4, -0.2) is 34.3 Å². The first kappa shape index (κ1) is 23.8. The predicted molar refractivity (Wildman–Crippen MR) is 131 cm³/mol. The number of aryl methyl sites for hydroxylation is 1. The maximum atomic E-state index is 13.0. The number of Topliss-reactive ketones (excluding diaryl/α,β-unsaturated/α-hetero) is 2. The van der Waals surface area contributed by atoms with Crippen LogP contribution < -0.4 is 0 Å². The van der Waals surface area contributed by atoms with Crippen LogP contribution in [-0.2, 0) is 27.8 Å². The van der Waals surface area contributed by atoms with E-state index in [-0.39, 0.29) is 23.4 Å². The molecule has 5 nitrogen and oxygen atoms in total. The van der Waals surface area contributed by atoms with Crippen molar-refractivity contribution in [1.29, 1.82) is 0 Å². The Kier molecular flexibility index (Phi) is 6.39. The first-order valence-electron chi connectivity index (χ1n) is 11.9. The number of fused-ring (bicyclic) bond motifs is 1. The Balaban J connectivity index is 1.39. The van der Waals surface area contributed by atoms with E-state index in [9.17, 15) is 19.2 Å². The molecule has 2 aromatic rings. The number of allylic oxidation sites excluding steroid dienone is 1. The van der Waals surface area contributed by atoms with Crippen molar-refractivity contribution in [3.8, 4) is 0 Å². The zero-order valence-corrected chi connectivity index (χ0v) is 20.1. The summed E-state index contributed by atoms with van der Waals surface area (Å²) in [7, 11) is 0. The van der Waals surface area contributed by atoms with Crippen LogP contribution in [0.3, 0.4) is 0 Å². The molecular formula is C29H31NO4. The highest BCUT2D eigenvalue weighted by atomic mass is 16.2. The van der Waals surface area contributed by atoms with Crippen LogP contribution in [0.1, 0.15) is 83.9 Å². The maximum absolute atomic E-state index is 13.0. The van der Waals surface area contributed by atoms with Gasteiger partial charge in [0.15, 0.2) is 5.78 Å². The molecule has 34 heavy (non-hydrogen) atoms. The van der Waals surface area contributed by atoms with Crippen LogP contribution >= 0.6 is 0 Å². The zero-order valence-electron chi connectivity index (χ0n) is 20.1. The molecule has 5 heteroatoms. The molecule has 1 fully saturated rings. The molecule has 2 aliphatic rings. The van der Waals surface area contributed by atoms with E-state index in [4.69, 9.17) is 0 Å². The zero-order chi connectivity index (χ0) is 24.6. The minimum atomic E-state index is -0.715. The second kappa shape index (κ2) is 9.13. The fourth-order valence-corrected chi connectivity index (χ4v) is 4.70. The van der Waals surface area contributed by atoms with E-state index in [0.717, 1.165) is 21.6 Å². The third-order valence-electron chi connectivity index (χ3n) is 6.78. The molecule has 176 valence electrons. The van der Waals surface area contributed by atoms with Crippen molar-refractivity contribution < 1.29 is 19.2 Å². The highest BCUT2D eigenvalue weighted by Crippen LogP contribution is 2.31. The molecule has 0 N–H and O–H groups in total. The van der Waals surface area contributed by atoms with Gasteiger partial charge in [0.05, 0.1) is 17.2 Å². The first-order chi connectivity index (χ1) is 16.0. The van der Waals surface area contributed by atoms with Gasteiger partial charge in [-0.25, -0.2) is 0 Å². The summed E-state index contributed by atoms with van der Waals surface area (Å²) in [5.74, 6) is -0.835. The maximum Gasteiger partial charge on any atom is 0.262 e. The Morgan fingerprint density at radius 1 is 0.971 bits per heavy atom. The molecule has 0 bridgehead atoms. The lowest BCUT2D eigenvalue weighted by Crippen LogP contribution is -2.46. The minimum absolute atomic E-state index is 0.0728. The third-order valence-corrected chi connectivity index (χ3v) is 6.78. The minimum Gasteiger partial charge on any atom is -0.299 e. The highest BCUT2D eigenvalue weighted by molar-refractivity contribution is 6.23. The van der Waals surface area contributed by atoms with Gasteiger partial charge >= 0.3 is 0 Å². The molecule has 1 atom stereocenters. The smallest absolute Gasteiger partial charge is 0.262 e. The van der Waals surface area contributed by atoms with Gasteiger partial charge in [0, 0.05) is 19.3 Å². The van der Waals surface area contributed by atoms with Crippen LogP contribution in [0.15, 0.2) is 54.6 Å². The lowest BCUT2D eigenvalue weighted by Gasteiger charge is -2.29. The number of ketones is 2. The van der Waals surface area contributed by atoms with Crippen LogP contribution in [0.4, 0.5) is 0 Å². The molecule has 0 aromatic heterocycles. The van der Waals surface area contributed by atoms with E-state index in [1.807, 2.05) is 12.1 Å². The van der Waals surface area contributed by atoms with Gasteiger partial charge in [-0.3, -0.25) is 24.1 Å².